The summed E-state index contributed by atoms with van der Waals surface area (Å²) in [6.07, 6.45) is 1.69. The molecule has 0 aliphatic carbocycles. The van der Waals surface area contributed by atoms with Crippen LogP contribution in [0.25, 0.3) is 0 Å². The van der Waals surface area contributed by atoms with Crippen molar-refractivity contribution in [1.29, 1.82) is 0 Å². The fourth-order valence-corrected chi connectivity index (χ4v) is 2.59. The van der Waals surface area contributed by atoms with Crippen molar-refractivity contribution in [3.8, 4) is 0 Å². The number of hydrogen-bond donors (Lipinski definition) is 1. The van der Waals surface area contributed by atoms with Gasteiger partial charge < -0.3 is 10.2 Å². The molecular formula is C15H25ClN2O2. The molecule has 4 nitrogen and oxygen atoms in total. The lowest BCUT2D eigenvalue weighted by Gasteiger charge is -2.47. The highest BCUT2D eigenvalue weighted by atomic mass is 35.5. The molecule has 1 saturated heterocycles. The second-order valence-electron chi connectivity index (χ2n) is 7.43. The van der Waals surface area contributed by atoms with Crippen LogP contribution in [0.15, 0.2) is 11.6 Å². The van der Waals surface area contributed by atoms with E-state index >= 15 is 0 Å². The summed E-state index contributed by atoms with van der Waals surface area (Å²) in [6.45, 7) is 12.1. The number of nitrogens with zero attached hydrogens (tertiary/aromatic N) is 1. The molecule has 0 aromatic rings. The molecule has 20 heavy (non-hydrogen) atoms. The molecule has 0 aromatic heterocycles. The Kier molecular flexibility index (Phi) is 4.90. The highest BCUT2D eigenvalue weighted by Gasteiger charge is 2.48. The molecular weight excluding hydrogens is 276 g/mol. The minimum atomic E-state index is -0.502. The van der Waals surface area contributed by atoms with Crippen LogP contribution in [0.1, 0.15) is 41.5 Å². The van der Waals surface area contributed by atoms with Crippen molar-refractivity contribution in [2.45, 2.75) is 53.6 Å². The number of carbonyl (C=O) groups is 2. The Balaban J connectivity index is 3.18. The van der Waals surface area contributed by atoms with Crippen LogP contribution >= 0.6 is 11.6 Å². The van der Waals surface area contributed by atoms with Gasteiger partial charge in [-0.15, -0.1) is 0 Å². The quantitative estimate of drug-likeness (QED) is 0.852. The topological polar surface area (TPSA) is 49.4 Å². The van der Waals surface area contributed by atoms with Crippen molar-refractivity contribution in [3.05, 3.63) is 11.6 Å². The lowest BCUT2D eigenvalue weighted by molar-refractivity contribution is -0.156. The van der Waals surface area contributed by atoms with Crippen molar-refractivity contribution in [3.63, 3.8) is 0 Å². The second kappa shape index (κ2) is 5.76. The number of piperazine rings is 1. The van der Waals surface area contributed by atoms with Crippen LogP contribution in [0.3, 0.4) is 0 Å². The van der Waals surface area contributed by atoms with Gasteiger partial charge in [-0.25, -0.2) is 0 Å². The van der Waals surface area contributed by atoms with Crippen molar-refractivity contribution in [1.82, 2.24) is 10.2 Å². The van der Waals surface area contributed by atoms with Crippen LogP contribution in [0.4, 0.5) is 0 Å². The molecule has 0 radical (unpaired) electrons. The molecule has 114 valence electrons. The Morgan fingerprint density at radius 2 is 1.70 bits per heavy atom. The maximum absolute atomic E-state index is 12.7. The number of hydrogen-bond acceptors (Lipinski definition) is 2. The fraction of sp³-hybridized carbons (Fsp3) is 0.733. The van der Waals surface area contributed by atoms with Gasteiger partial charge in [-0.3, -0.25) is 9.59 Å². The maximum atomic E-state index is 12.7. The summed E-state index contributed by atoms with van der Waals surface area (Å²) in [6, 6.07) is -0.987. The predicted octanol–water partition coefficient (Wildman–Crippen LogP) is 2.53. The molecule has 1 N–H and O–H groups in total. The van der Waals surface area contributed by atoms with Crippen LogP contribution in [-0.4, -0.2) is 35.3 Å². The molecule has 1 fully saturated rings. The van der Waals surface area contributed by atoms with E-state index in [0.29, 0.717) is 6.54 Å². The molecule has 1 aliphatic heterocycles. The Labute approximate surface area is 126 Å². The van der Waals surface area contributed by atoms with Gasteiger partial charge in [0, 0.05) is 12.1 Å². The minimum Gasteiger partial charge on any atom is -0.342 e. The predicted molar refractivity (Wildman–Crippen MR) is 81.3 cm³/mol. The molecule has 1 heterocycles. The highest BCUT2D eigenvalue weighted by Crippen LogP contribution is 2.32. The third kappa shape index (κ3) is 3.54. The molecule has 1 rings (SSSR count). The zero-order valence-electron chi connectivity index (χ0n) is 13.2. The summed E-state index contributed by atoms with van der Waals surface area (Å²) < 4.78 is 0. The molecule has 0 aromatic carbocycles. The molecule has 2 atom stereocenters. The van der Waals surface area contributed by atoms with E-state index in [1.807, 2.05) is 41.5 Å². The van der Waals surface area contributed by atoms with Crippen molar-refractivity contribution >= 4 is 23.4 Å². The first kappa shape index (κ1) is 17.0. The lowest BCUT2D eigenvalue weighted by Crippen LogP contribution is -2.69. The number of amides is 2. The molecule has 0 bridgehead atoms. The standard InChI is InChI=1S/C15H25ClN2O2/c1-14(2,3)10-13(20)18(9-7-8-16)11(12(19)17-10)15(4,5)6/h7-8,10-11H,9H2,1-6H3,(H,17,19)/b8-7+. The van der Waals surface area contributed by atoms with Crippen LogP contribution < -0.4 is 5.32 Å². The number of rotatable bonds is 2. The van der Waals surface area contributed by atoms with Gasteiger partial charge in [-0.05, 0) is 10.8 Å². The first-order chi connectivity index (χ1) is 9.00. The number of carbonyl (C=O) groups excluding carboxylic acids is 2. The highest BCUT2D eigenvalue weighted by molar-refractivity contribution is 6.25. The Hall–Kier alpha value is -1.03. The maximum Gasteiger partial charge on any atom is 0.246 e. The summed E-state index contributed by atoms with van der Waals surface area (Å²) in [5.74, 6) is -0.146. The van der Waals surface area contributed by atoms with Gasteiger partial charge in [0.25, 0.3) is 0 Å². The largest absolute Gasteiger partial charge is 0.342 e. The zero-order chi connectivity index (χ0) is 15.7. The van der Waals surface area contributed by atoms with Gasteiger partial charge in [-0.2, -0.15) is 0 Å². The van der Waals surface area contributed by atoms with Crippen molar-refractivity contribution < 1.29 is 9.59 Å². The molecule has 1 aliphatic rings. The zero-order valence-corrected chi connectivity index (χ0v) is 13.9. The first-order valence-corrected chi connectivity index (χ1v) is 7.30. The molecule has 0 spiro atoms. The van der Waals surface area contributed by atoms with Crippen molar-refractivity contribution in [2.24, 2.45) is 10.8 Å². The van der Waals surface area contributed by atoms with Crippen LogP contribution in [-0.2, 0) is 9.59 Å². The van der Waals surface area contributed by atoms with E-state index in [1.54, 1.807) is 11.0 Å². The summed E-state index contributed by atoms with van der Waals surface area (Å²) in [4.78, 5) is 26.8. The van der Waals surface area contributed by atoms with Gasteiger partial charge in [0.2, 0.25) is 11.8 Å². The summed E-state index contributed by atoms with van der Waals surface area (Å²) in [5.41, 5.74) is 0.729. The van der Waals surface area contributed by atoms with E-state index in [4.69, 9.17) is 11.6 Å². The monoisotopic (exact) mass is 300 g/mol. The SMILES string of the molecule is CC(C)(C)C1NC(=O)C(C(C)(C)C)N(C/C=C/Cl)C1=O. The molecule has 0 saturated carbocycles. The minimum absolute atomic E-state index is 0.0493. The second-order valence-corrected chi connectivity index (χ2v) is 7.68. The number of nitrogens with one attached hydrogen (secondary N) is 1. The van der Waals surface area contributed by atoms with E-state index in [-0.39, 0.29) is 22.6 Å². The smallest absolute Gasteiger partial charge is 0.246 e. The third-order valence-electron chi connectivity index (χ3n) is 3.45. The average Bonchev–Trinajstić information content (AvgIpc) is 2.26. The first-order valence-electron chi connectivity index (χ1n) is 6.86. The van der Waals surface area contributed by atoms with Crippen molar-refractivity contribution in [2.75, 3.05) is 6.54 Å². The summed E-state index contributed by atoms with van der Waals surface area (Å²) >= 11 is 5.57. The average molecular weight is 301 g/mol. The van der Waals surface area contributed by atoms with E-state index in [0.717, 1.165) is 0 Å². The molecule has 2 unspecified atom stereocenters. The Bertz CT molecular complexity index is 419. The van der Waals surface area contributed by atoms with Crippen LogP contribution in [0.5, 0.6) is 0 Å². The number of halogens is 1. The normalized spacial score (nSPS) is 25.2. The Morgan fingerprint density at radius 3 is 2.10 bits per heavy atom. The van der Waals surface area contributed by atoms with E-state index in [1.165, 1.54) is 5.54 Å². The third-order valence-corrected chi connectivity index (χ3v) is 3.63. The summed E-state index contributed by atoms with van der Waals surface area (Å²) in [5, 5.41) is 2.88. The fourth-order valence-electron chi connectivity index (χ4n) is 2.51. The van der Waals surface area contributed by atoms with E-state index < -0.39 is 12.1 Å². The van der Waals surface area contributed by atoms with Gasteiger partial charge in [0.1, 0.15) is 12.1 Å². The lowest BCUT2D eigenvalue weighted by atomic mass is 9.79. The van der Waals surface area contributed by atoms with Crippen LogP contribution in [0, 0.1) is 10.8 Å². The van der Waals surface area contributed by atoms with Gasteiger partial charge in [0.15, 0.2) is 0 Å². The van der Waals surface area contributed by atoms with E-state index in [2.05, 4.69) is 5.32 Å². The molecule has 2 amide bonds. The van der Waals surface area contributed by atoms with Crippen LogP contribution in [0.2, 0.25) is 0 Å². The summed E-state index contributed by atoms with van der Waals surface area (Å²) in [7, 11) is 0. The van der Waals surface area contributed by atoms with Gasteiger partial charge in [-0.1, -0.05) is 59.2 Å². The molecule has 5 heteroatoms. The van der Waals surface area contributed by atoms with E-state index in [9.17, 15) is 9.59 Å². The van der Waals surface area contributed by atoms with Gasteiger partial charge >= 0.3 is 0 Å². The van der Waals surface area contributed by atoms with Gasteiger partial charge in [0.05, 0.1) is 0 Å². The Morgan fingerprint density at radius 1 is 1.15 bits per heavy atom.